The Kier molecular flexibility index (Phi) is 2.61. The maximum atomic E-state index is 12.3. The number of aryl methyl sites for hydroxylation is 2. The SMILES string of the molecule is COC(=O)c1c2n(c3ccccc13)CCc1ccccc1-2. The summed E-state index contributed by atoms with van der Waals surface area (Å²) in [5, 5.41) is 0.969. The maximum Gasteiger partial charge on any atom is 0.340 e. The molecule has 21 heavy (non-hydrogen) atoms. The number of esters is 1. The van der Waals surface area contributed by atoms with Crippen molar-refractivity contribution in [3.8, 4) is 11.3 Å². The van der Waals surface area contributed by atoms with Crippen LogP contribution in [0.25, 0.3) is 22.2 Å². The fraction of sp³-hybridized carbons (Fsp3) is 0.167. The van der Waals surface area contributed by atoms with Gasteiger partial charge in [0.05, 0.1) is 18.4 Å². The quantitative estimate of drug-likeness (QED) is 0.636. The molecule has 0 fully saturated rings. The van der Waals surface area contributed by atoms with Gasteiger partial charge in [0.15, 0.2) is 0 Å². The van der Waals surface area contributed by atoms with Crippen molar-refractivity contribution in [3.63, 3.8) is 0 Å². The van der Waals surface area contributed by atoms with Crippen molar-refractivity contribution in [2.75, 3.05) is 7.11 Å². The predicted octanol–water partition coefficient (Wildman–Crippen LogP) is 3.65. The average molecular weight is 277 g/mol. The van der Waals surface area contributed by atoms with Crippen molar-refractivity contribution in [2.45, 2.75) is 13.0 Å². The van der Waals surface area contributed by atoms with E-state index in [2.05, 4.69) is 28.8 Å². The highest BCUT2D eigenvalue weighted by Gasteiger charge is 2.27. The highest BCUT2D eigenvalue weighted by Crippen LogP contribution is 2.39. The number of benzene rings is 2. The van der Waals surface area contributed by atoms with Gasteiger partial charge in [0.2, 0.25) is 0 Å². The van der Waals surface area contributed by atoms with Crippen LogP contribution in [0.5, 0.6) is 0 Å². The van der Waals surface area contributed by atoms with Crippen LogP contribution in [-0.2, 0) is 17.7 Å². The summed E-state index contributed by atoms with van der Waals surface area (Å²) in [5.74, 6) is -0.267. The molecule has 2 aromatic carbocycles. The van der Waals surface area contributed by atoms with E-state index in [4.69, 9.17) is 4.74 Å². The van der Waals surface area contributed by atoms with Gasteiger partial charge in [-0.1, -0.05) is 42.5 Å². The summed E-state index contributed by atoms with van der Waals surface area (Å²) in [4.78, 5) is 12.3. The van der Waals surface area contributed by atoms with E-state index in [1.807, 2.05) is 24.3 Å². The molecule has 3 nitrogen and oxygen atoms in total. The number of carbonyl (C=O) groups is 1. The van der Waals surface area contributed by atoms with Gasteiger partial charge in [-0.05, 0) is 18.1 Å². The van der Waals surface area contributed by atoms with E-state index in [9.17, 15) is 4.79 Å². The van der Waals surface area contributed by atoms with Crippen molar-refractivity contribution in [2.24, 2.45) is 0 Å². The molecule has 0 N–H and O–H groups in total. The zero-order valence-electron chi connectivity index (χ0n) is 11.8. The van der Waals surface area contributed by atoms with Crippen LogP contribution in [0, 0.1) is 0 Å². The Morgan fingerprint density at radius 1 is 1.10 bits per heavy atom. The van der Waals surface area contributed by atoms with Crippen LogP contribution in [0.2, 0.25) is 0 Å². The molecule has 0 bridgehead atoms. The summed E-state index contributed by atoms with van der Waals surface area (Å²) in [6, 6.07) is 16.3. The van der Waals surface area contributed by atoms with E-state index in [0.717, 1.165) is 35.1 Å². The number of nitrogens with zero attached hydrogens (tertiary/aromatic N) is 1. The molecule has 0 atom stereocenters. The van der Waals surface area contributed by atoms with E-state index >= 15 is 0 Å². The summed E-state index contributed by atoms with van der Waals surface area (Å²) < 4.78 is 7.27. The summed E-state index contributed by atoms with van der Waals surface area (Å²) in [5.41, 5.74) is 5.20. The Hall–Kier alpha value is -2.55. The summed E-state index contributed by atoms with van der Waals surface area (Å²) in [6.45, 7) is 0.893. The van der Waals surface area contributed by atoms with Crippen LogP contribution in [0.3, 0.4) is 0 Å². The van der Waals surface area contributed by atoms with E-state index in [1.165, 1.54) is 12.7 Å². The number of hydrogen-bond acceptors (Lipinski definition) is 2. The lowest BCUT2D eigenvalue weighted by molar-refractivity contribution is 0.0603. The van der Waals surface area contributed by atoms with Gasteiger partial charge in [-0.2, -0.15) is 0 Å². The zero-order valence-corrected chi connectivity index (χ0v) is 11.8. The Labute approximate surface area is 122 Å². The molecule has 0 saturated heterocycles. The van der Waals surface area contributed by atoms with Gasteiger partial charge in [-0.3, -0.25) is 0 Å². The Bertz CT molecular complexity index is 861. The molecule has 1 aromatic heterocycles. The summed E-state index contributed by atoms with van der Waals surface area (Å²) in [6.07, 6.45) is 0.989. The van der Waals surface area contributed by atoms with Crippen LogP contribution in [-0.4, -0.2) is 17.6 Å². The first-order chi connectivity index (χ1) is 10.3. The smallest absolute Gasteiger partial charge is 0.340 e. The number of rotatable bonds is 1. The van der Waals surface area contributed by atoms with Gasteiger partial charge < -0.3 is 9.30 Å². The van der Waals surface area contributed by atoms with Crippen LogP contribution in [0.1, 0.15) is 15.9 Å². The van der Waals surface area contributed by atoms with Gasteiger partial charge in [0.1, 0.15) is 0 Å². The van der Waals surface area contributed by atoms with Crippen molar-refractivity contribution >= 4 is 16.9 Å². The van der Waals surface area contributed by atoms with Crippen LogP contribution >= 0.6 is 0 Å². The molecule has 2 heterocycles. The lowest BCUT2D eigenvalue weighted by Crippen LogP contribution is -2.13. The first-order valence-electron chi connectivity index (χ1n) is 7.09. The van der Waals surface area contributed by atoms with Crippen molar-refractivity contribution < 1.29 is 9.53 Å². The third-order valence-corrected chi connectivity index (χ3v) is 4.24. The molecule has 4 rings (SSSR count). The Morgan fingerprint density at radius 2 is 1.86 bits per heavy atom. The highest BCUT2D eigenvalue weighted by atomic mass is 16.5. The lowest BCUT2D eigenvalue weighted by Gasteiger charge is -2.20. The third kappa shape index (κ3) is 1.64. The number of ether oxygens (including phenoxy) is 1. The minimum Gasteiger partial charge on any atom is -0.465 e. The zero-order chi connectivity index (χ0) is 14.4. The standard InChI is InChI=1S/C18H15NO2/c1-21-18(20)16-14-8-4-5-9-15(14)19-11-10-12-6-2-3-7-13(12)17(16)19/h2-9H,10-11H2,1H3. The second kappa shape index (κ2) is 4.48. The molecule has 104 valence electrons. The second-order valence-electron chi connectivity index (χ2n) is 5.29. The molecule has 1 aliphatic heterocycles. The molecule has 0 aliphatic carbocycles. The monoisotopic (exact) mass is 277 g/mol. The molecule has 3 aromatic rings. The van der Waals surface area contributed by atoms with E-state index < -0.39 is 0 Å². The topological polar surface area (TPSA) is 31.2 Å². The molecule has 0 saturated carbocycles. The van der Waals surface area contributed by atoms with E-state index in [1.54, 1.807) is 0 Å². The van der Waals surface area contributed by atoms with Gasteiger partial charge >= 0.3 is 5.97 Å². The number of methoxy groups -OCH3 is 1. The third-order valence-electron chi connectivity index (χ3n) is 4.24. The first kappa shape index (κ1) is 12.2. The summed E-state index contributed by atoms with van der Waals surface area (Å²) in [7, 11) is 1.44. The molecule has 3 heteroatoms. The largest absolute Gasteiger partial charge is 0.465 e. The second-order valence-corrected chi connectivity index (χ2v) is 5.29. The van der Waals surface area contributed by atoms with Crippen molar-refractivity contribution in [3.05, 3.63) is 59.7 Å². The number of hydrogen-bond donors (Lipinski definition) is 0. The first-order valence-corrected chi connectivity index (χ1v) is 7.09. The minimum atomic E-state index is -0.267. The van der Waals surface area contributed by atoms with Gasteiger partial charge in [0, 0.05) is 23.0 Å². The Balaban J connectivity index is 2.15. The normalized spacial score (nSPS) is 12.8. The lowest BCUT2D eigenvalue weighted by atomic mass is 9.96. The molecular weight excluding hydrogens is 262 g/mol. The van der Waals surface area contributed by atoms with Crippen LogP contribution in [0.15, 0.2) is 48.5 Å². The van der Waals surface area contributed by atoms with Gasteiger partial charge in [-0.25, -0.2) is 4.79 Å². The number of carbonyl (C=O) groups excluding carboxylic acids is 1. The van der Waals surface area contributed by atoms with Crippen LogP contribution in [0.4, 0.5) is 0 Å². The molecule has 0 radical (unpaired) electrons. The van der Waals surface area contributed by atoms with Crippen LogP contribution < -0.4 is 0 Å². The van der Waals surface area contributed by atoms with E-state index in [-0.39, 0.29) is 5.97 Å². The molecule has 1 aliphatic rings. The fourth-order valence-corrected chi connectivity index (χ4v) is 3.33. The molecule has 0 amide bonds. The Morgan fingerprint density at radius 3 is 2.71 bits per heavy atom. The number of para-hydroxylation sites is 1. The van der Waals surface area contributed by atoms with Gasteiger partial charge in [0.25, 0.3) is 0 Å². The maximum absolute atomic E-state index is 12.3. The van der Waals surface area contributed by atoms with Crippen molar-refractivity contribution in [1.29, 1.82) is 0 Å². The minimum absolute atomic E-state index is 0.267. The van der Waals surface area contributed by atoms with Crippen molar-refractivity contribution in [1.82, 2.24) is 4.57 Å². The molecular formula is C18H15NO2. The summed E-state index contributed by atoms with van der Waals surface area (Å²) >= 11 is 0. The predicted molar refractivity (Wildman–Crippen MR) is 82.4 cm³/mol. The van der Waals surface area contributed by atoms with E-state index in [0.29, 0.717) is 5.56 Å². The average Bonchev–Trinajstić information content (AvgIpc) is 2.89. The molecule has 0 unspecified atom stereocenters. The molecule has 0 spiro atoms. The highest BCUT2D eigenvalue weighted by molar-refractivity contribution is 6.11. The number of fused-ring (bicyclic) bond motifs is 5. The van der Waals surface area contributed by atoms with Gasteiger partial charge in [-0.15, -0.1) is 0 Å². The number of aromatic nitrogens is 1. The fourth-order valence-electron chi connectivity index (χ4n) is 3.33.